The van der Waals surface area contributed by atoms with Gasteiger partial charge in [0.1, 0.15) is 5.82 Å². The zero-order valence-electron chi connectivity index (χ0n) is 13.1. The monoisotopic (exact) mass is 312 g/mol. The Morgan fingerprint density at radius 2 is 2.19 bits per heavy atom. The van der Waals surface area contributed by atoms with Gasteiger partial charge in [-0.25, -0.2) is 13.4 Å². The van der Waals surface area contributed by atoms with Crippen molar-refractivity contribution in [2.24, 2.45) is 0 Å². The van der Waals surface area contributed by atoms with E-state index >= 15 is 0 Å². The number of aromatic nitrogens is 2. The molecule has 1 aromatic rings. The minimum Gasteiger partial charge on any atom is -0.355 e. The Morgan fingerprint density at radius 1 is 1.48 bits per heavy atom. The first-order valence-corrected chi connectivity index (χ1v) is 9.18. The third-order valence-corrected chi connectivity index (χ3v) is 5.70. The summed E-state index contributed by atoms with van der Waals surface area (Å²) in [4.78, 5) is 10.9. The largest absolute Gasteiger partial charge is 0.355 e. The lowest BCUT2D eigenvalue weighted by molar-refractivity contribution is 0.600. The predicted molar refractivity (Wildman–Crippen MR) is 85.6 cm³/mol. The molecule has 0 bridgehead atoms. The van der Waals surface area contributed by atoms with Crippen LogP contribution in [0.4, 0.5) is 11.8 Å². The molecule has 2 heterocycles. The van der Waals surface area contributed by atoms with E-state index in [0.717, 1.165) is 17.9 Å². The lowest BCUT2D eigenvalue weighted by atomic mass is 10.2. The lowest BCUT2D eigenvalue weighted by Crippen LogP contribution is -2.33. The fraction of sp³-hybridized carbons (Fsp3) is 0.714. The highest BCUT2D eigenvalue weighted by Crippen LogP contribution is 2.23. The number of rotatable bonds is 5. The zero-order chi connectivity index (χ0) is 15.6. The topological polar surface area (TPSA) is 75.2 Å². The Kier molecular flexibility index (Phi) is 4.70. The Morgan fingerprint density at radius 3 is 2.76 bits per heavy atom. The molecular weight excluding hydrogens is 288 g/mol. The van der Waals surface area contributed by atoms with Crippen molar-refractivity contribution in [3.63, 3.8) is 0 Å². The molecule has 2 atom stereocenters. The summed E-state index contributed by atoms with van der Waals surface area (Å²) in [7, 11) is -0.989. The first-order chi connectivity index (χ1) is 9.80. The quantitative estimate of drug-likeness (QED) is 0.890. The van der Waals surface area contributed by atoms with Crippen LogP contribution in [0.15, 0.2) is 6.07 Å². The van der Waals surface area contributed by atoms with Crippen LogP contribution in [0, 0.1) is 6.92 Å². The van der Waals surface area contributed by atoms with Gasteiger partial charge in [0, 0.05) is 30.9 Å². The molecule has 0 spiro atoms. The van der Waals surface area contributed by atoms with Crippen LogP contribution in [0.3, 0.4) is 0 Å². The molecule has 1 fully saturated rings. The van der Waals surface area contributed by atoms with Gasteiger partial charge in [-0.05, 0) is 26.7 Å². The standard InChI is InChI=1S/C14H24N4O2S/c1-5-10(2)15-14-16-11(3)8-13(17-14)18(4)12-6-7-21(19,20)9-12/h8,10,12H,5-7,9H2,1-4H3,(H,15,16,17). The Labute approximate surface area is 126 Å². The van der Waals surface area contributed by atoms with Crippen LogP contribution >= 0.6 is 0 Å². The highest BCUT2D eigenvalue weighted by Gasteiger charge is 2.31. The van der Waals surface area contributed by atoms with E-state index in [1.807, 2.05) is 24.9 Å². The molecule has 1 aliphatic rings. The second-order valence-corrected chi connectivity index (χ2v) is 8.04. The van der Waals surface area contributed by atoms with Crippen LogP contribution in [-0.4, -0.2) is 49.0 Å². The summed E-state index contributed by atoms with van der Waals surface area (Å²) in [5.41, 5.74) is 0.874. The molecule has 1 aromatic heterocycles. The number of nitrogens with one attached hydrogen (secondary N) is 1. The van der Waals surface area contributed by atoms with E-state index in [1.165, 1.54) is 0 Å². The van der Waals surface area contributed by atoms with E-state index in [4.69, 9.17) is 0 Å². The summed E-state index contributed by atoms with van der Waals surface area (Å²) in [5.74, 6) is 1.85. The first kappa shape index (κ1) is 16.0. The summed E-state index contributed by atoms with van der Waals surface area (Å²) in [5, 5.41) is 3.27. The molecule has 0 radical (unpaired) electrons. The number of nitrogens with zero attached hydrogens (tertiary/aromatic N) is 3. The van der Waals surface area contributed by atoms with Crippen LogP contribution < -0.4 is 10.2 Å². The van der Waals surface area contributed by atoms with Gasteiger partial charge in [-0.2, -0.15) is 4.98 Å². The SMILES string of the molecule is CCC(C)Nc1nc(C)cc(N(C)C2CCS(=O)(=O)C2)n1. The van der Waals surface area contributed by atoms with Gasteiger partial charge in [-0.1, -0.05) is 6.92 Å². The van der Waals surface area contributed by atoms with E-state index in [2.05, 4.69) is 29.1 Å². The van der Waals surface area contributed by atoms with E-state index in [0.29, 0.717) is 18.4 Å². The third kappa shape index (κ3) is 4.06. The van der Waals surface area contributed by atoms with E-state index in [-0.39, 0.29) is 17.5 Å². The van der Waals surface area contributed by atoms with Crippen molar-refractivity contribution in [3.8, 4) is 0 Å². The fourth-order valence-corrected chi connectivity index (χ4v) is 4.16. The van der Waals surface area contributed by atoms with Crippen molar-refractivity contribution >= 4 is 21.6 Å². The first-order valence-electron chi connectivity index (χ1n) is 7.36. The molecule has 1 aliphatic heterocycles. The molecule has 0 aromatic carbocycles. The van der Waals surface area contributed by atoms with Crippen molar-refractivity contribution in [2.45, 2.75) is 45.7 Å². The van der Waals surface area contributed by atoms with Gasteiger partial charge in [-0.15, -0.1) is 0 Å². The number of hydrogen-bond donors (Lipinski definition) is 1. The van der Waals surface area contributed by atoms with Gasteiger partial charge in [-0.3, -0.25) is 0 Å². The lowest BCUT2D eigenvalue weighted by Gasteiger charge is -2.25. The normalized spacial score (nSPS) is 22.0. The molecule has 1 N–H and O–H groups in total. The summed E-state index contributed by atoms with van der Waals surface area (Å²) in [6.07, 6.45) is 1.65. The summed E-state index contributed by atoms with van der Waals surface area (Å²) < 4.78 is 23.2. The summed E-state index contributed by atoms with van der Waals surface area (Å²) >= 11 is 0. The van der Waals surface area contributed by atoms with Crippen LogP contribution in [0.5, 0.6) is 0 Å². The van der Waals surface area contributed by atoms with Gasteiger partial charge >= 0.3 is 0 Å². The Hall–Kier alpha value is -1.37. The van der Waals surface area contributed by atoms with Gasteiger partial charge in [0.15, 0.2) is 9.84 Å². The maximum Gasteiger partial charge on any atom is 0.225 e. The van der Waals surface area contributed by atoms with Crippen molar-refractivity contribution in [3.05, 3.63) is 11.8 Å². The second-order valence-electron chi connectivity index (χ2n) is 5.81. The molecule has 0 amide bonds. The van der Waals surface area contributed by atoms with E-state index in [9.17, 15) is 8.42 Å². The fourth-order valence-electron chi connectivity index (χ4n) is 2.39. The molecule has 1 saturated heterocycles. The molecule has 2 unspecified atom stereocenters. The highest BCUT2D eigenvalue weighted by atomic mass is 32.2. The maximum absolute atomic E-state index is 11.6. The number of sulfone groups is 1. The third-order valence-electron chi connectivity index (χ3n) is 3.95. The molecule has 2 rings (SSSR count). The van der Waals surface area contributed by atoms with Gasteiger partial charge in [0.25, 0.3) is 0 Å². The molecule has 0 saturated carbocycles. The average Bonchev–Trinajstić information content (AvgIpc) is 2.77. The summed E-state index contributed by atoms with van der Waals surface area (Å²) in [6.45, 7) is 6.11. The number of anilines is 2. The number of aryl methyl sites for hydroxylation is 1. The maximum atomic E-state index is 11.6. The zero-order valence-corrected chi connectivity index (χ0v) is 13.9. The molecule has 118 valence electrons. The molecular formula is C14H24N4O2S. The Balaban J connectivity index is 2.19. The molecule has 7 heteroatoms. The van der Waals surface area contributed by atoms with Crippen molar-refractivity contribution < 1.29 is 8.42 Å². The second kappa shape index (κ2) is 6.17. The van der Waals surface area contributed by atoms with E-state index in [1.54, 1.807) is 0 Å². The van der Waals surface area contributed by atoms with Crippen LogP contribution in [0.2, 0.25) is 0 Å². The van der Waals surface area contributed by atoms with E-state index < -0.39 is 9.84 Å². The highest BCUT2D eigenvalue weighted by molar-refractivity contribution is 7.91. The van der Waals surface area contributed by atoms with Gasteiger partial charge < -0.3 is 10.2 Å². The minimum absolute atomic E-state index is 0.000693. The summed E-state index contributed by atoms with van der Waals surface area (Å²) in [6, 6.07) is 2.20. The number of hydrogen-bond acceptors (Lipinski definition) is 6. The smallest absolute Gasteiger partial charge is 0.225 e. The average molecular weight is 312 g/mol. The van der Waals surface area contributed by atoms with Crippen molar-refractivity contribution in [1.29, 1.82) is 0 Å². The Bertz CT molecular complexity index is 603. The molecule has 0 aliphatic carbocycles. The predicted octanol–water partition coefficient (Wildman–Crippen LogP) is 1.62. The van der Waals surface area contributed by atoms with Gasteiger partial charge in [0.2, 0.25) is 5.95 Å². The minimum atomic E-state index is -2.89. The van der Waals surface area contributed by atoms with Crippen LogP contribution in [-0.2, 0) is 9.84 Å². The van der Waals surface area contributed by atoms with Crippen LogP contribution in [0.1, 0.15) is 32.4 Å². The van der Waals surface area contributed by atoms with Gasteiger partial charge in [0.05, 0.1) is 11.5 Å². The van der Waals surface area contributed by atoms with Crippen LogP contribution in [0.25, 0.3) is 0 Å². The van der Waals surface area contributed by atoms with Crippen molar-refractivity contribution in [2.75, 3.05) is 28.8 Å². The molecule has 21 heavy (non-hydrogen) atoms. The molecule has 6 nitrogen and oxygen atoms in total. The van der Waals surface area contributed by atoms with Crippen molar-refractivity contribution in [1.82, 2.24) is 9.97 Å².